The van der Waals surface area contributed by atoms with Crippen LogP contribution in [0.15, 0.2) is 88.2 Å². The molecule has 1 aromatic heterocycles. The number of carbonyl (C=O) groups is 1. The highest BCUT2D eigenvalue weighted by molar-refractivity contribution is 7.98. The standard InChI is InChI=1S/C22H17N3O3S/c1-29-19-9-5-6-16(14-19)21-24-25-22(28-21)23-20(26)15-10-12-18(13-11-15)27-17-7-3-2-4-8-17/h2-14H,1H3,(H,23,25,26). The van der Waals surface area contributed by atoms with E-state index in [0.717, 1.165) is 16.2 Å². The van der Waals surface area contributed by atoms with Crippen molar-refractivity contribution in [2.24, 2.45) is 0 Å². The first-order valence-corrected chi connectivity index (χ1v) is 10.1. The van der Waals surface area contributed by atoms with Crippen LogP contribution in [-0.2, 0) is 0 Å². The lowest BCUT2D eigenvalue weighted by molar-refractivity contribution is 0.102. The summed E-state index contributed by atoms with van der Waals surface area (Å²) >= 11 is 1.62. The van der Waals surface area contributed by atoms with Crippen molar-refractivity contribution in [1.82, 2.24) is 10.2 Å². The van der Waals surface area contributed by atoms with Gasteiger partial charge in [0.25, 0.3) is 5.91 Å². The molecule has 0 bridgehead atoms. The molecule has 1 amide bonds. The molecule has 0 aliphatic rings. The third kappa shape index (κ3) is 4.64. The molecule has 1 N–H and O–H groups in total. The smallest absolute Gasteiger partial charge is 0.322 e. The number of hydrogen-bond donors (Lipinski definition) is 1. The Morgan fingerprint density at radius 3 is 2.45 bits per heavy atom. The van der Waals surface area contributed by atoms with E-state index < -0.39 is 0 Å². The van der Waals surface area contributed by atoms with Crippen molar-refractivity contribution >= 4 is 23.7 Å². The van der Waals surface area contributed by atoms with E-state index in [4.69, 9.17) is 9.15 Å². The quantitative estimate of drug-likeness (QED) is 0.428. The Bertz CT molecular complexity index is 1110. The van der Waals surface area contributed by atoms with Gasteiger partial charge in [-0.05, 0) is 60.9 Å². The summed E-state index contributed by atoms with van der Waals surface area (Å²) in [5.41, 5.74) is 1.25. The highest BCUT2D eigenvalue weighted by Crippen LogP contribution is 2.25. The molecule has 0 fully saturated rings. The Hall–Kier alpha value is -3.58. The minimum Gasteiger partial charge on any atom is -0.457 e. The van der Waals surface area contributed by atoms with Crippen LogP contribution in [0.5, 0.6) is 11.5 Å². The molecule has 144 valence electrons. The van der Waals surface area contributed by atoms with Crippen LogP contribution in [0.4, 0.5) is 6.01 Å². The van der Waals surface area contributed by atoms with E-state index in [9.17, 15) is 4.79 Å². The maximum absolute atomic E-state index is 12.4. The monoisotopic (exact) mass is 403 g/mol. The summed E-state index contributed by atoms with van der Waals surface area (Å²) in [4.78, 5) is 13.5. The van der Waals surface area contributed by atoms with E-state index >= 15 is 0 Å². The molecule has 7 heteroatoms. The zero-order valence-electron chi connectivity index (χ0n) is 15.5. The number of amides is 1. The lowest BCUT2D eigenvalue weighted by atomic mass is 10.2. The minimum atomic E-state index is -0.343. The normalized spacial score (nSPS) is 10.5. The Labute approximate surface area is 171 Å². The van der Waals surface area contributed by atoms with Gasteiger partial charge in [-0.2, -0.15) is 0 Å². The van der Waals surface area contributed by atoms with E-state index in [0.29, 0.717) is 17.2 Å². The van der Waals surface area contributed by atoms with Crippen LogP contribution in [-0.4, -0.2) is 22.4 Å². The van der Waals surface area contributed by atoms with Crippen LogP contribution in [0.25, 0.3) is 11.5 Å². The number of ether oxygens (including phenoxy) is 1. The Balaban J connectivity index is 1.42. The van der Waals surface area contributed by atoms with Gasteiger partial charge < -0.3 is 9.15 Å². The predicted molar refractivity (Wildman–Crippen MR) is 112 cm³/mol. The van der Waals surface area contributed by atoms with Crippen LogP contribution >= 0.6 is 11.8 Å². The number of rotatable bonds is 6. The van der Waals surface area contributed by atoms with Crippen molar-refractivity contribution < 1.29 is 13.9 Å². The van der Waals surface area contributed by atoms with E-state index in [-0.39, 0.29) is 11.9 Å². The van der Waals surface area contributed by atoms with Gasteiger partial charge in [-0.3, -0.25) is 10.1 Å². The second-order valence-corrected chi connectivity index (χ2v) is 6.92. The average Bonchev–Trinajstić information content (AvgIpc) is 3.23. The van der Waals surface area contributed by atoms with Gasteiger partial charge in [0.05, 0.1) is 0 Å². The van der Waals surface area contributed by atoms with Gasteiger partial charge in [-0.1, -0.05) is 29.4 Å². The molecule has 0 unspecified atom stereocenters. The topological polar surface area (TPSA) is 77.2 Å². The minimum absolute atomic E-state index is 0.0455. The van der Waals surface area contributed by atoms with Crippen LogP contribution in [0, 0.1) is 0 Å². The first-order valence-electron chi connectivity index (χ1n) is 8.83. The number of benzene rings is 3. The largest absolute Gasteiger partial charge is 0.457 e. The van der Waals surface area contributed by atoms with Crippen LogP contribution in [0.1, 0.15) is 10.4 Å². The molecule has 4 aromatic rings. The fourth-order valence-corrected chi connectivity index (χ4v) is 3.07. The molecule has 0 saturated carbocycles. The van der Waals surface area contributed by atoms with Crippen molar-refractivity contribution in [2.45, 2.75) is 4.90 Å². The summed E-state index contributed by atoms with van der Waals surface area (Å²) in [6.45, 7) is 0. The fraction of sp³-hybridized carbons (Fsp3) is 0.0455. The fourth-order valence-electron chi connectivity index (χ4n) is 2.61. The molecule has 29 heavy (non-hydrogen) atoms. The van der Waals surface area contributed by atoms with Crippen LogP contribution in [0.3, 0.4) is 0 Å². The Kier molecular flexibility index (Phi) is 5.58. The number of aromatic nitrogens is 2. The summed E-state index contributed by atoms with van der Waals surface area (Å²) in [5, 5.41) is 10.5. The lowest BCUT2D eigenvalue weighted by Crippen LogP contribution is -2.11. The highest BCUT2D eigenvalue weighted by Gasteiger charge is 2.13. The summed E-state index contributed by atoms with van der Waals surface area (Å²) < 4.78 is 11.3. The maximum atomic E-state index is 12.4. The predicted octanol–water partition coefficient (Wildman–Crippen LogP) is 5.50. The molecule has 0 aliphatic carbocycles. The molecule has 0 spiro atoms. The molecule has 4 rings (SSSR count). The van der Waals surface area contributed by atoms with Gasteiger partial charge in [0.1, 0.15) is 11.5 Å². The highest BCUT2D eigenvalue weighted by atomic mass is 32.2. The Morgan fingerprint density at radius 2 is 1.69 bits per heavy atom. The van der Waals surface area contributed by atoms with Crippen molar-refractivity contribution in [1.29, 1.82) is 0 Å². The molecule has 0 saturated heterocycles. The van der Waals surface area contributed by atoms with Crippen molar-refractivity contribution in [3.8, 4) is 23.0 Å². The zero-order chi connectivity index (χ0) is 20.1. The number of carbonyl (C=O) groups excluding carboxylic acids is 1. The lowest BCUT2D eigenvalue weighted by Gasteiger charge is -2.06. The molecule has 1 heterocycles. The van der Waals surface area contributed by atoms with E-state index in [2.05, 4.69) is 15.5 Å². The average molecular weight is 403 g/mol. The molecule has 6 nitrogen and oxygen atoms in total. The number of nitrogens with zero attached hydrogens (tertiary/aromatic N) is 2. The summed E-state index contributed by atoms with van der Waals surface area (Å²) in [7, 11) is 0. The second-order valence-electron chi connectivity index (χ2n) is 6.04. The number of anilines is 1. The van der Waals surface area contributed by atoms with Crippen molar-refractivity contribution in [3.63, 3.8) is 0 Å². The van der Waals surface area contributed by atoms with Crippen LogP contribution < -0.4 is 10.1 Å². The molecule has 3 aromatic carbocycles. The zero-order valence-corrected chi connectivity index (χ0v) is 16.3. The van der Waals surface area contributed by atoms with Crippen molar-refractivity contribution in [3.05, 3.63) is 84.4 Å². The number of nitrogens with one attached hydrogen (secondary N) is 1. The summed E-state index contributed by atoms with van der Waals surface area (Å²) in [6, 6.07) is 24.0. The summed E-state index contributed by atoms with van der Waals surface area (Å²) in [5.74, 6) is 1.38. The molecular formula is C22H17N3O3S. The molecule has 0 radical (unpaired) electrons. The third-order valence-electron chi connectivity index (χ3n) is 4.06. The van der Waals surface area contributed by atoms with Crippen molar-refractivity contribution in [2.75, 3.05) is 11.6 Å². The second kappa shape index (κ2) is 8.62. The van der Waals surface area contributed by atoms with Gasteiger partial charge in [0.15, 0.2) is 0 Å². The van der Waals surface area contributed by atoms with Gasteiger partial charge in [0, 0.05) is 16.0 Å². The van der Waals surface area contributed by atoms with Gasteiger partial charge >= 0.3 is 6.01 Å². The number of hydrogen-bond acceptors (Lipinski definition) is 6. The van der Waals surface area contributed by atoms with E-state index in [1.807, 2.05) is 60.9 Å². The van der Waals surface area contributed by atoms with Gasteiger partial charge in [0.2, 0.25) is 5.89 Å². The molecular weight excluding hydrogens is 386 g/mol. The molecule has 0 aliphatic heterocycles. The third-order valence-corrected chi connectivity index (χ3v) is 4.78. The SMILES string of the molecule is CSc1cccc(-c2nnc(NC(=O)c3ccc(Oc4ccccc4)cc3)o2)c1. The van der Waals surface area contributed by atoms with Gasteiger partial charge in [-0.15, -0.1) is 16.9 Å². The summed E-state index contributed by atoms with van der Waals surface area (Å²) in [6.07, 6.45) is 1.99. The van der Waals surface area contributed by atoms with E-state index in [1.165, 1.54) is 0 Å². The van der Waals surface area contributed by atoms with Gasteiger partial charge in [-0.25, -0.2) is 0 Å². The Morgan fingerprint density at radius 1 is 0.931 bits per heavy atom. The maximum Gasteiger partial charge on any atom is 0.322 e. The number of para-hydroxylation sites is 1. The molecule has 0 atom stereocenters. The first-order chi connectivity index (χ1) is 14.2. The number of thioether (sulfide) groups is 1. The van der Waals surface area contributed by atoms with Crippen LogP contribution in [0.2, 0.25) is 0 Å². The van der Waals surface area contributed by atoms with E-state index in [1.54, 1.807) is 36.0 Å². The first kappa shape index (κ1) is 18.8.